The molecule has 18 heavy (non-hydrogen) atoms. The van der Waals surface area contributed by atoms with E-state index in [2.05, 4.69) is 33.7 Å². The summed E-state index contributed by atoms with van der Waals surface area (Å²) in [5.74, 6) is 1.27. The molecule has 1 fully saturated rings. The third-order valence-corrected chi connectivity index (χ3v) is 3.21. The molecule has 1 aliphatic rings. The number of aromatic nitrogens is 2. The minimum atomic E-state index is 0.385. The van der Waals surface area contributed by atoms with Crippen LogP contribution in [0.25, 0.3) is 0 Å². The van der Waals surface area contributed by atoms with E-state index >= 15 is 0 Å². The van der Waals surface area contributed by atoms with Crippen molar-refractivity contribution in [2.45, 2.75) is 19.9 Å². The van der Waals surface area contributed by atoms with Crippen molar-refractivity contribution in [1.29, 1.82) is 0 Å². The van der Waals surface area contributed by atoms with Crippen molar-refractivity contribution in [3.05, 3.63) is 6.33 Å². The van der Waals surface area contributed by atoms with Gasteiger partial charge in [-0.05, 0) is 20.9 Å². The monoisotopic (exact) mass is 251 g/mol. The topological polar surface area (TPSA) is 67.5 Å². The maximum Gasteiger partial charge on any atom is 0.242 e. The van der Waals surface area contributed by atoms with Crippen LogP contribution in [-0.2, 0) is 0 Å². The summed E-state index contributed by atoms with van der Waals surface area (Å²) in [6.45, 7) is 7.59. The lowest BCUT2D eigenvalue weighted by atomic mass is 10.2. The molecular weight excluding hydrogens is 230 g/mol. The van der Waals surface area contributed by atoms with Gasteiger partial charge in [-0.25, -0.2) is 4.98 Å². The van der Waals surface area contributed by atoms with Gasteiger partial charge in [0, 0.05) is 25.7 Å². The fourth-order valence-electron chi connectivity index (χ4n) is 2.31. The fourth-order valence-corrected chi connectivity index (χ4v) is 2.31. The van der Waals surface area contributed by atoms with Gasteiger partial charge < -0.3 is 20.3 Å². The number of nitrogen functional groups attached to an aromatic ring is 1. The maximum absolute atomic E-state index is 6.09. The van der Waals surface area contributed by atoms with Crippen LogP contribution in [0, 0.1) is 0 Å². The third kappa shape index (κ3) is 2.48. The van der Waals surface area contributed by atoms with Gasteiger partial charge in [0.15, 0.2) is 5.82 Å². The van der Waals surface area contributed by atoms with Crippen LogP contribution in [0.4, 0.5) is 11.5 Å². The van der Waals surface area contributed by atoms with Gasteiger partial charge in [0.2, 0.25) is 5.88 Å². The molecule has 0 radical (unpaired) electrons. The van der Waals surface area contributed by atoms with E-state index in [0.717, 1.165) is 25.5 Å². The van der Waals surface area contributed by atoms with Crippen molar-refractivity contribution in [2.75, 3.05) is 43.9 Å². The molecule has 0 spiro atoms. The molecule has 1 unspecified atom stereocenters. The Morgan fingerprint density at radius 3 is 2.89 bits per heavy atom. The highest BCUT2D eigenvalue weighted by atomic mass is 16.5. The smallest absolute Gasteiger partial charge is 0.242 e. The molecule has 6 heteroatoms. The highest BCUT2D eigenvalue weighted by Crippen LogP contribution is 2.29. The number of ether oxygens (including phenoxy) is 1. The highest BCUT2D eigenvalue weighted by Gasteiger charge is 2.25. The Morgan fingerprint density at radius 1 is 1.44 bits per heavy atom. The van der Waals surface area contributed by atoms with Gasteiger partial charge in [0.05, 0.1) is 6.61 Å². The molecule has 1 aromatic heterocycles. The molecule has 1 aromatic rings. The number of nitrogens with two attached hydrogens (primary N) is 1. The van der Waals surface area contributed by atoms with Gasteiger partial charge in [0.1, 0.15) is 12.0 Å². The van der Waals surface area contributed by atoms with Crippen molar-refractivity contribution in [2.24, 2.45) is 0 Å². The lowest BCUT2D eigenvalue weighted by molar-refractivity contribution is 0.274. The predicted molar refractivity (Wildman–Crippen MR) is 71.9 cm³/mol. The molecule has 6 nitrogen and oxygen atoms in total. The second kappa shape index (κ2) is 5.39. The zero-order valence-electron chi connectivity index (χ0n) is 11.3. The van der Waals surface area contributed by atoms with Crippen LogP contribution in [0.1, 0.15) is 13.8 Å². The Bertz CT molecular complexity index is 411. The number of piperazine rings is 1. The van der Waals surface area contributed by atoms with Crippen molar-refractivity contribution >= 4 is 11.5 Å². The third-order valence-electron chi connectivity index (χ3n) is 3.21. The molecule has 0 amide bonds. The van der Waals surface area contributed by atoms with E-state index < -0.39 is 0 Å². The van der Waals surface area contributed by atoms with Crippen LogP contribution in [0.15, 0.2) is 6.33 Å². The average molecular weight is 251 g/mol. The van der Waals surface area contributed by atoms with E-state index in [1.165, 1.54) is 6.33 Å². The highest BCUT2D eigenvalue weighted by molar-refractivity contribution is 5.68. The number of rotatable bonds is 3. The van der Waals surface area contributed by atoms with Gasteiger partial charge in [0.25, 0.3) is 0 Å². The lowest BCUT2D eigenvalue weighted by Crippen LogP contribution is -2.51. The first kappa shape index (κ1) is 12.9. The minimum Gasteiger partial charge on any atom is -0.476 e. The summed E-state index contributed by atoms with van der Waals surface area (Å²) in [5.41, 5.74) is 6.63. The quantitative estimate of drug-likeness (QED) is 0.848. The molecule has 2 heterocycles. The van der Waals surface area contributed by atoms with Gasteiger partial charge in [-0.3, -0.25) is 0 Å². The van der Waals surface area contributed by atoms with Gasteiger partial charge in [-0.2, -0.15) is 4.98 Å². The first-order chi connectivity index (χ1) is 8.63. The molecule has 1 saturated heterocycles. The lowest BCUT2D eigenvalue weighted by Gasteiger charge is -2.39. The zero-order chi connectivity index (χ0) is 13.1. The molecule has 1 aliphatic heterocycles. The van der Waals surface area contributed by atoms with Crippen LogP contribution < -0.4 is 15.4 Å². The summed E-state index contributed by atoms with van der Waals surface area (Å²) < 4.78 is 5.41. The normalized spacial score (nSPS) is 21.1. The van der Waals surface area contributed by atoms with Crippen LogP contribution in [0.3, 0.4) is 0 Å². The summed E-state index contributed by atoms with van der Waals surface area (Å²) in [5, 5.41) is 0. The van der Waals surface area contributed by atoms with Crippen molar-refractivity contribution < 1.29 is 4.74 Å². The van der Waals surface area contributed by atoms with Crippen LogP contribution in [0.5, 0.6) is 5.88 Å². The Hall–Kier alpha value is -1.56. The SMILES string of the molecule is CCOc1ncnc(N2CCN(C)CC2C)c1N. The largest absolute Gasteiger partial charge is 0.476 e. The zero-order valence-corrected chi connectivity index (χ0v) is 11.3. The Balaban J connectivity index is 2.25. The number of hydrogen-bond donors (Lipinski definition) is 1. The van der Waals surface area contributed by atoms with Crippen molar-refractivity contribution in [3.8, 4) is 5.88 Å². The average Bonchev–Trinajstić information content (AvgIpc) is 2.33. The minimum absolute atomic E-state index is 0.385. The van der Waals surface area contributed by atoms with Gasteiger partial charge >= 0.3 is 0 Å². The van der Waals surface area contributed by atoms with Gasteiger partial charge in [-0.15, -0.1) is 0 Å². The van der Waals surface area contributed by atoms with Crippen LogP contribution >= 0.6 is 0 Å². The Kier molecular flexibility index (Phi) is 3.86. The number of likely N-dealkylation sites (N-methyl/N-ethyl adjacent to an activating group) is 1. The summed E-state index contributed by atoms with van der Waals surface area (Å²) in [6.07, 6.45) is 1.52. The fraction of sp³-hybridized carbons (Fsp3) is 0.667. The number of nitrogens with zero attached hydrogens (tertiary/aromatic N) is 4. The Labute approximate surface area is 108 Å². The standard InChI is InChI=1S/C12H21N5O/c1-4-18-12-10(13)11(14-8-15-12)17-6-5-16(3)7-9(17)2/h8-9H,4-7,13H2,1-3H3. The number of anilines is 2. The van der Waals surface area contributed by atoms with Crippen molar-refractivity contribution in [1.82, 2.24) is 14.9 Å². The first-order valence-electron chi connectivity index (χ1n) is 6.32. The molecule has 2 N–H and O–H groups in total. The molecule has 0 aromatic carbocycles. The van der Waals surface area contributed by atoms with E-state index in [-0.39, 0.29) is 0 Å². The maximum atomic E-state index is 6.09. The summed E-state index contributed by atoms with van der Waals surface area (Å²) in [7, 11) is 2.13. The second-order valence-electron chi connectivity index (χ2n) is 4.65. The summed E-state index contributed by atoms with van der Waals surface area (Å²) in [6, 6.07) is 0.385. The van der Waals surface area contributed by atoms with E-state index in [9.17, 15) is 0 Å². The molecular formula is C12H21N5O. The molecule has 1 atom stereocenters. The second-order valence-corrected chi connectivity index (χ2v) is 4.65. The molecule has 0 saturated carbocycles. The molecule has 0 aliphatic carbocycles. The van der Waals surface area contributed by atoms with Gasteiger partial charge in [-0.1, -0.05) is 0 Å². The van der Waals surface area contributed by atoms with Crippen molar-refractivity contribution in [3.63, 3.8) is 0 Å². The molecule has 100 valence electrons. The Morgan fingerprint density at radius 2 is 2.22 bits per heavy atom. The number of hydrogen-bond acceptors (Lipinski definition) is 6. The summed E-state index contributed by atoms with van der Waals surface area (Å²) in [4.78, 5) is 12.9. The molecule has 2 rings (SSSR count). The van der Waals surface area contributed by atoms with E-state index in [0.29, 0.717) is 24.2 Å². The van der Waals surface area contributed by atoms with E-state index in [4.69, 9.17) is 10.5 Å². The van der Waals surface area contributed by atoms with E-state index in [1.54, 1.807) is 0 Å². The van der Waals surface area contributed by atoms with Crippen LogP contribution in [-0.4, -0.2) is 54.2 Å². The molecule has 0 bridgehead atoms. The van der Waals surface area contributed by atoms with Crippen LogP contribution in [0.2, 0.25) is 0 Å². The summed E-state index contributed by atoms with van der Waals surface area (Å²) >= 11 is 0. The predicted octanol–water partition coefficient (Wildman–Crippen LogP) is 0.598. The van der Waals surface area contributed by atoms with E-state index in [1.807, 2.05) is 6.92 Å². The first-order valence-corrected chi connectivity index (χ1v) is 6.32.